The monoisotopic (exact) mass is 359 g/mol. The van der Waals surface area contributed by atoms with Crippen molar-refractivity contribution in [2.75, 3.05) is 19.6 Å². The van der Waals surface area contributed by atoms with Crippen LogP contribution in [0, 0.1) is 0 Å². The third kappa shape index (κ3) is 5.88. The van der Waals surface area contributed by atoms with Crippen LogP contribution in [0.5, 0.6) is 0 Å². The molecule has 1 heterocycles. The minimum Gasteiger partial charge on any atom is -0.459 e. The molecule has 0 saturated carbocycles. The molecule has 0 aliphatic rings. The van der Waals surface area contributed by atoms with Crippen LogP contribution < -0.4 is 10.6 Å². The van der Waals surface area contributed by atoms with E-state index in [2.05, 4.69) is 10.6 Å². The average Bonchev–Trinajstić information content (AvgIpc) is 2.96. The predicted octanol–water partition coefficient (Wildman–Crippen LogP) is 2.85. The van der Waals surface area contributed by atoms with Gasteiger partial charge in [-0.05, 0) is 46.4 Å². The molecule has 2 N–H and O–H groups in total. The van der Waals surface area contributed by atoms with Crippen LogP contribution in [0.15, 0.2) is 34.7 Å². The number of nitrogens with one attached hydrogen (secondary N) is 2. The van der Waals surface area contributed by atoms with Crippen LogP contribution in [0.1, 0.15) is 46.4 Å². The predicted molar refractivity (Wildman–Crippen MR) is 103 cm³/mol. The fourth-order valence-electron chi connectivity index (χ4n) is 2.72. The highest BCUT2D eigenvalue weighted by Gasteiger charge is 2.19. The van der Waals surface area contributed by atoms with Crippen LogP contribution in [-0.2, 0) is 9.59 Å². The summed E-state index contributed by atoms with van der Waals surface area (Å²) in [6.45, 7) is 10.6. The first-order chi connectivity index (χ1) is 12.2. The molecule has 0 radical (unpaired) electrons. The van der Waals surface area contributed by atoms with Gasteiger partial charge in [0.05, 0.1) is 19.1 Å². The Labute approximate surface area is 154 Å². The van der Waals surface area contributed by atoms with E-state index in [-0.39, 0.29) is 36.5 Å². The van der Waals surface area contributed by atoms with Crippen molar-refractivity contribution in [2.24, 2.45) is 0 Å². The summed E-state index contributed by atoms with van der Waals surface area (Å²) in [7, 11) is 0. The number of carbonyl (C=O) groups is 2. The number of para-hydroxylation sites is 1. The largest absolute Gasteiger partial charge is 0.459 e. The highest BCUT2D eigenvalue weighted by atomic mass is 16.3. The summed E-state index contributed by atoms with van der Waals surface area (Å²) in [6, 6.07) is 9.45. The van der Waals surface area contributed by atoms with Crippen LogP contribution in [0.2, 0.25) is 0 Å². The lowest BCUT2D eigenvalue weighted by atomic mass is 10.1. The first kappa shape index (κ1) is 20.0. The van der Waals surface area contributed by atoms with Gasteiger partial charge >= 0.3 is 0 Å². The van der Waals surface area contributed by atoms with Gasteiger partial charge in [-0.1, -0.05) is 25.1 Å². The topological polar surface area (TPSA) is 74.6 Å². The summed E-state index contributed by atoms with van der Waals surface area (Å²) in [5.74, 6) is 0.494. The van der Waals surface area contributed by atoms with Gasteiger partial charge in [-0.2, -0.15) is 0 Å². The molecular weight excluding hydrogens is 330 g/mol. The highest BCUT2D eigenvalue weighted by Crippen LogP contribution is 2.23. The maximum absolute atomic E-state index is 12.4. The maximum Gasteiger partial charge on any atom is 0.234 e. The van der Waals surface area contributed by atoms with Crippen molar-refractivity contribution in [3.8, 4) is 0 Å². The number of nitrogens with zero attached hydrogens (tertiary/aromatic N) is 1. The molecule has 0 aliphatic carbocycles. The molecule has 0 aliphatic heterocycles. The van der Waals surface area contributed by atoms with E-state index >= 15 is 0 Å². The number of furan rings is 1. The van der Waals surface area contributed by atoms with Crippen LogP contribution in [0.4, 0.5) is 0 Å². The van der Waals surface area contributed by atoms with Crippen molar-refractivity contribution < 1.29 is 14.0 Å². The van der Waals surface area contributed by atoms with Crippen molar-refractivity contribution in [3.05, 3.63) is 36.1 Å². The Bertz CT molecular complexity index is 728. The third-order valence-electron chi connectivity index (χ3n) is 3.94. The first-order valence-corrected chi connectivity index (χ1v) is 8.99. The Balaban J connectivity index is 1.90. The maximum atomic E-state index is 12.4. The Morgan fingerprint density at radius 1 is 1.15 bits per heavy atom. The van der Waals surface area contributed by atoms with Crippen molar-refractivity contribution in [3.63, 3.8) is 0 Å². The van der Waals surface area contributed by atoms with E-state index in [9.17, 15) is 9.59 Å². The zero-order valence-corrected chi connectivity index (χ0v) is 16.3. The standard InChI is InChI=1S/C20H29N3O3/c1-6-23(13-19(25)22-20(3,4)5)12-18(24)21-14(2)17-11-15-9-7-8-10-16(15)26-17/h7-11,14H,6,12-13H2,1-5H3,(H,21,24)(H,22,25)/t14-/m1/s1. The van der Waals surface area contributed by atoms with Crippen LogP contribution >= 0.6 is 0 Å². The molecule has 0 spiro atoms. The lowest BCUT2D eigenvalue weighted by Gasteiger charge is -2.24. The molecule has 2 amide bonds. The van der Waals surface area contributed by atoms with Crippen LogP contribution in [0.25, 0.3) is 11.0 Å². The van der Waals surface area contributed by atoms with Gasteiger partial charge in [0.25, 0.3) is 0 Å². The van der Waals surface area contributed by atoms with Gasteiger partial charge < -0.3 is 15.1 Å². The van der Waals surface area contributed by atoms with E-state index in [1.165, 1.54) is 0 Å². The minimum absolute atomic E-state index is 0.0857. The smallest absolute Gasteiger partial charge is 0.234 e. The van der Waals surface area contributed by atoms with Gasteiger partial charge in [0.2, 0.25) is 11.8 Å². The number of fused-ring (bicyclic) bond motifs is 1. The SMILES string of the molecule is CCN(CC(=O)N[C@H](C)c1cc2ccccc2o1)CC(=O)NC(C)(C)C. The van der Waals surface area contributed by atoms with Gasteiger partial charge in [0.15, 0.2) is 0 Å². The number of rotatable bonds is 7. The van der Waals surface area contributed by atoms with Gasteiger partial charge in [-0.3, -0.25) is 14.5 Å². The molecular formula is C20H29N3O3. The summed E-state index contributed by atoms with van der Waals surface area (Å²) in [4.78, 5) is 26.2. The van der Waals surface area contributed by atoms with Crippen LogP contribution in [0.3, 0.4) is 0 Å². The Hall–Kier alpha value is -2.34. The summed E-state index contributed by atoms with van der Waals surface area (Å²) in [5.41, 5.74) is 0.520. The van der Waals surface area contributed by atoms with Gasteiger partial charge in [0, 0.05) is 10.9 Å². The van der Waals surface area contributed by atoms with Crippen molar-refractivity contribution in [2.45, 2.75) is 46.2 Å². The molecule has 6 heteroatoms. The molecule has 0 unspecified atom stereocenters. The molecule has 142 valence electrons. The Kier molecular flexibility index (Phi) is 6.42. The average molecular weight is 359 g/mol. The van der Waals surface area contributed by atoms with Crippen molar-refractivity contribution in [1.29, 1.82) is 0 Å². The van der Waals surface area contributed by atoms with Gasteiger partial charge in [-0.15, -0.1) is 0 Å². The van der Waals surface area contributed by atoms with Gasteiger partial charge in [-0.25, -0.2) is 0 Å². The second-order valence-corrected chi connectivity index (χ2v) is 7.58. The molecule has 0 saturated heterocycles. The molecule has 2 rings (SSSR count). The zero-order chi connectivity index (χ0) is 19.3. The number of likely N-dealkylation sites (N-methyl/N-ethyl adjacent to an activating group) is 1. The molecule has 0 bridgehead atoms. The van der Waals surface area contributed by atoms with E-state index in [0.717, 1.165) is 11.0 Å². The summed E-state index contributed by atoms with van der Waals surface area (Å²) in [5, 5.41) is 6.86. The fraction of sp³-hybridized carbons (Fsp3) is 0.500. The summed E-state index contributed by atoms with van der Waals surface area (Å²) >= 11 is 0. The first-order valence-electron chi connectivity index (χ1n) is 8.99. The van der Waals surface area contributed by atoms with E-state index < -0.39 is 0 Å². The molecule has 1 atom stereocenters. The van der Waals surface area contributed by atoms with Crippen molar-refractivity contribution >= 4 is 22.8 Å². The fourth-order valence-corrected chi connectivity index (χ4v) is 2.72. The number of amides is 2. The van der Waals surface area contributed by atoms with Crippen molar-refractivity contribution in [1.82, 2.24) is 15.5 Å². The van der Waals surface area contributed by atoms with E-state index in [0.29, 0.717) is 12.3 Å². The lowest BCUT2D eigenvalue weighted by Crippen LogP contribution is -2.48. The molecule has 1 aromatic heterocycles. The minimum atomic E-state index is -0.283. The number of carbonyl (C=O) groups excluding carboxylic acids is 2. The molecule has 0 fully saturated rings. The number of hydrogen-bond acceptors (Lipinski definition) is 4. The zero-order valence-electron chi connectivity index (χ0n) is 16.3. The Morgan fingerprint density at radius 3 is 2.42 bits per heavy atom. The second kappa shape index (κ2) is 8.36. The highest BCUT2D eigenvalue weighted by molar-refractivity contribution is 5.82. The summed E-state index contributed by atoms with van der Waals surface area (Å²) in [6.07, 6.45) is 0. The number of hydrogen-bond donors (Lipinski definition) is 2. The van der Waals surface area contributed by atoms with Gasteiger partial charge in [0.1, 0.15) is 11.3 Å². The quantitative estimate of drug-likeness (QED) is 0.797. The molecule has 6 nitrogen and oxygen atoms in total. The summed E-state index contributed by atoms with van der Waals surface area (Å²) < 4.78 is 5.79. The normalized spacial score (nSPS) is 13.0. The Morgan fingerprint density at radius 2 is 1.81 bits per heavy atom. The molecule has 26 heavy (non-hydrogen) atoms. The lowest BCUT2D eigenvalue weighted by molar-refractivity contribution is -0.126. The molecule has 2 aromatic rings. The van der Waals surface area contributed by atoms with Crippen LogP contribution in [-0.4, -0.2) is 41.9 Å². The van der Waals surface area contributed by atoms with E-state index in [1.54, 1.807) is 0 Å². The molecule has 1 aromatic carbocycles. The van der Waals surface area contributed by atoms with E-state index in [4.69, 9.17) is 4.42 Å². The number of benzene rings is 1. The third-order valence-corrected chi connectivity index (χ3v) is 3.94. The van der Waals surface area contributed by atoms with E-state index in [1.807, 2.05) is 69.9 Å². The second-order valence-electron chi connectivity index (χ2n) is 7.58.